The van der Waals surface area contributed by atoms with E-state index in [1.807, 2.05) is 55.5 Å². The van der Waals surface area contributed by atoms with Crippen molar-refractivity contribution in [3.8, 4) is 17.2 Å². The molecule has 2 heterocycles. The van der Waals surface area contributed by atoms with Crippen molar-refractivity contribution in [3.63, 3.8) is 0 Å². The van der Waals surface area contributed by atoms with Crippen LogP contribution in [0.25, 0.3) is 5.69 Å². The van der Waals surface area contributed by atoms with Crippen molar-refractivity contribution >= 4 is 5.91 Å². The van der Waals surface area contributed by atoms with Crippen molar-refractivity contribution in [2.45, 2.75) is 19.4 Å². The number of nitrogens with two attached hydrogens (primary N) is 1. The van der Waals surface area contributed by atoms with Crippen molar-refractivity contribution < 1.29 is 14.3 Å². The quantitative estimate of drug-likeness (QED) is 0.778. The number of para-hydroxylation sites is 3. The van der Waals surface area contributed by atoms with E-state index < -0.39 is 12.0 Å². The molecule has 0 unspecified atom stereocenters. The first-order chi connectivity index (χ1) is 12.6. The van der Waals surface area contributed by atoms with Crippen LogP contribution in [0.5, 0.6) is 11.5 Å². The molecule has 2 N–H and O–H groups in total. The number of hydrogen-bond donors (Lipinski definition) is 1. The molecule has 7 nitrogen and oxygen atoms in total. The van der Waals surface area contributed by atoms with Crippen LogP contribution in [0, 0.1) is 6.92 Å². The summed E-state index contributed by atoms with van der Waals surface area (Å²) in [5.41, 5.74) is 7.21. The Balaban J connectivity index is 1.76. The van der Waals surface area contributed by atoms with Gasteiger partial charge in [-0.2, -0.15) is 5.10 Å². The van der Waals surface area contributed by atoms with Gasteiger partial charge in [-0.05, 0) is 30.7 Å². The molecule has 3 aromatic rings. The minimum absolute atomic E-state index is 0.0317. The topological polar surface area (TPSA) is 92.3 Å². The molecule has 0 bridgehead atoms. The second kappa shape index (κ2) is 6.51. The third kappa shape index (κ3) is 2.99. The minimum Gasteiger partial charge on any atom is -0.485 e. The number of carbonyl (C=O) groups is 1. The molecule has 0 saturated carbocycles. The number of rotatable bonds is 4. The molecule has 0 radical (unpaired) electrons. The van der Waals surface area contributed by atoms with E-state index in [0.29, 0.717) is 29.8 Å². The van der Waals surface area contributed by atoms with Crippen LogP contribution in [0.3, 0.4) is 0 Å². The lowest BCUT2D eigenvalue weighted by Crippen LogP contribution is -2.25. The number of ether oxygens (including phenoxy) is 2. The number of aryl methyl sites for hydroxylation is 1. The zero-order chi connectivity index (χ0) is 18.1. The first-order valence-corrected chi connectivity index (χ1v) is 8.30. The van der Waals surface area contributed by atoms with Gasteiger partial charge in [-0.3, -0.25) is 4.79 Å². The zero-order valence-electron chi connectivity index (χ0n) is 14.3. The summed E-state index contributed by atoms with van der Waals surface area (Å²) >= 11 is 0. The van der Waals surface area contributed by atoms with Gasteiger partial charge in [0.05, 0.1) is 12.1 Å². The number of primary amides is 1. The molecule has 0 spiro atoms. The monoisotopic (exact) mass is 350 g/mol. The second-order valence-electron chi connectivity index (χ2n) is 6.09. The summed E-state index contributed by atoms with van der Waals surface area (Å²) in [5, 5.41) is 4.48. The van der Waals surface area contributed by atoms with Gasteiger partial charge in [-0.25, -0.2) is 9.67 Å². The maximum atomic E-state index is 11.3. The summed E-state index contributed by atoms with van der Waals surface area (Å²) in [4.78, 5) is 15.8. The van der Waals surface area contributed by atoms with Crippen molar-refractivity contribution in [2.75, 3.05) is 6.61 Å². The Morgan fingerprint density at radius 3 is 2.69 bits per heavy atom. The molecular weight excluding hydrogens is 332 g/mol. The van der Waals surface area contributed by atoms with E-state index in [-0.39, 0.29) is 6.42 Å². The highest BCUT2D eigenvalue weighted by Gasteiger charge is 2.29. The number of aromatic nitrogens is 3. The van der Waals surface area contributed by atoms with E-state index >= 15 is 0 Å². The number of benzene rings is 2. The van der Waals surface area contributed by atoms with Gasteiger partial charge in [-0.15, -0.1) is 0 Å². The largest absolute Gasteiger partial charge is 0.485 e. The van der Waals surface area contributed by atoms with E-state index in [9.17, 15) is 4.79 Å². The lowest BCUT2D eigenvalue weighted by Gasteiger charge is -2.26. The van der Waals surface area contributed by atoms with Crippen molar-refractivity contribution in [3.05, 3.63) is 65.7 Å². The number of hydrogen-bond acceptors (Lipinski definition) is 5. The Kier molecular flexibility index (Phi) is 4.04. The molecule has 132 valence electrons. The Labute approximate surface area is 150 Å². The molecular formula is C19H18N4O3. The Bertz CT molecular complexity index is 967. The molecule has 1 aliphatic heterocycles. The van der Waals surface area contributed by atoms with Gasteiger partial charge in [0.1, 0.15) is 6.61 Å². The lowest BCUT2D eigenvalue weighted by atomic mass is 10.2. The lowest BCUT2D eigenvalue weighted by molar-refractivity contribution is -0.117. The van der Waals surface area contributed by atoms with Crippen LogP contribution in [0.2, 0.25) is 0 Å². The maximum Gasteiger partial charge on any atom is 0.225 e. The summed E-state index contributed by atoms with van der Waals surface area (Å²) in [7, 11) is 0. The highest BCUT2D eigenvalue weighted by Crippen LogP contribution is 2.36. The zero-order valence-corrected chi connectivity index (χ0v) is 14.3. The molecule has 0 fully saturated rings. The smallest absolute Gasteiger partial charge is 0.225 e. The van der Waals surface area contributed by atoms with Crippen LogP contribution in [0.15, 0.2) is 48.5 Å². The van der Waals surface area contributed by atoms with Gasteiger partial charge in [0, 0.05) is 0 Å². The summed E-state index contributed by atoms with van der Waals surface area (Å²) in [6.07, 6.45) is -0.477. The van der Waals surface area contributed by atoms with E-state index in [1.165, 1.54) is 0 Å². The predicted molar refractivity (Wildman–Crippen MR) is 94.3 cm³/mol. The summed E-state index contributed by atoms with van der Waals surface area (Å²) in [6, 6.07) is 15.3. The SMILES string of the molecule is Cc1ccccc1-n1nc(CC(N)=O)nc1[C@H]1COc2ccccc2O1. The standard InChI is InChI=1S/C19H18N4O3/c1-12-6-2-3-7-13(12)23-19(21-18(22-23)10-17(20)24)16-11-25-14-8-4-5-9-15(14)26-16/h2-9,16H,10-11H2,1H3,(H2,20,24)/t16-/m1/s1. The van der Waals surface area contributed by atoms with Crippen LogP contribution in [-0.4, -0.2) is 27.3 Å². The number of carbonyl (C=O) groups excluding carboxylic acids is 1. The molecule has 1 aromatic heterocycles. The van der Waals surface area contributed by atoms with Gasteiger partial charge >= 0.3 is 0 Å². The number of amides is 1. The van der Waals surface area contributed by atoms with E-state index in [2.05, 4.69) is 10.1 Å². The highest BCUT2D eigenvalue weighted by atomic mass is 16.6. The molecule has 2 aromatic carbocycles. The third-order valence-corrected chi connectivity index (χ3v) is 4.15. The van der Waals surface area contributed by atoms with Gasteiger partial charge in [-0.1, -0.05) is 30.3 Å². The number of nitrogens with zero attached hydrogens (tertiary/aromatic N) is 3. The average molecular weight is 350 g/mol. The molecule has 0 saturated heterocycles. The molecule has 1 aliphatic rings. The normalized spacial score (nSPS) is 15.7. The molecule has 7 heteroatoms. The fourth-order valence-corrected chi connectivity index (χ4v) is 2.93. The van der Waals surface area contributed by atoms with Gasteiger partial charge in [0.2, 0.25) is 5.91 Å². The van der Waals surface area contributed by atoms with Crippen LogP contribution >= 0.6 is 0 Å². The third-order valence-electron chi connectivity index (χ3n) is 4.15. The number of fused-ring (bicyclic) bond motifs is 1. The molecule has 1 amide bonds. The minimum atomic E-state index is -0.482. The van der Waals surface area contributed by atoms with Crippen molar-refractivity contribution in [1.82, 2.24) is 14.8 Å². The first-order valence-electron chi connectivity index (χ1n) is 8.30. The Hall–Kier alpha value is -3.35. The summed E-state index contributed by atoms with van der Waals surface area (Å²) in [5.74, 6) is 1.80. The molecule has 1 atom stereocenters. The van der Waals surface area contributed by atoms with E-state index in [1.54, 1.807) is 4.68 Å². The van der Waals surface area contributed by atoms with E-state index in [4.69, 9.17) is 15.2 Å². The second-order valence-corrected chi connectivity index (χ2v) is 6.09. The Morgan fingerprint density at radius 2 is 1.92 bits per heavy atom. The van der Waals surface area contributed by atoms with Crippen molar-refractivity contribution in [1.29, 1.82) is 0 Å². The first kappa shape index (κ1) is 16.1. The summed E-state index contributed by atoms with van der Waals surface area (Å²) < 4.78 is 13.6. The fraction of sp³-hybridized carbons (Fsp3) is 0.211. The van der Waals surface area contributed by atoms with Gasteiger partial charge in [0.15, 0.2) is 29.3 Å². The van der Waals surface area contributed by atoms with Gasteiger partial charge < -0.3 is 15.2 Å². The van der Waals surface area contributed by atoms with Crippen LogP contribution in [0.4, 0.5) is 0 Å². The van der Waals surface area contributed by atoms with Crippen molar-refractivity contribution in [2.24, 2.45) is 5.73 Å². The maximum absolute atomic E-state index is 11.3. The van der Waals surface area contributed by atoms with Gasteiger partial charge in [0.25, 0.3) is 0 Å². The van der Waals surface area contributed by atoms with E-state index in [0.717, 1.165) is 11.3 Å². The van der Waals surface area contributed by atoms with Crippen LogP contribution < -0.4 is 15.2 Å². The van der Waals surface area contributed by atoms with Crippen LogP contribution in [0.1, 0.15) is 23.3 Å². The fourth-order valence-electron chi connectivity index (χ4n) is 2.93. The molecule has 0 aliphatic carbocycles. The summed E-state index contributed by atoms with van der Waals surface area (Å²) in [6.45, 7) is 2.29. The average Bonchev–Trinajstić information content (AvgIpc) is 3.04. The van der Waals surface area contributed by atoms with Crippen LogP contribution in [-0.2, 0) is 11.2 Å². The highest BCUT2D eigenvalue weighted by molar-refractivity contribution is 5.75. The molecule has 4 rings (SSSR count). The molecule has 26 heavy (non-hydrogen) atoms. The predicted octanol–water partition coefficient (Wildman–Crippen LogP) is 2.12. The Morgan fingerprint density at radius 1 is 1.19 bits per heavy atom.